The Morgan fingerprint density at radius 2 is 1.79 bits per heavy atom. The van der Waals surface area contributed by atoms with E-state index >= 15 is 0 Å². The van der Waals surface area contributed by atoms with Gasteiger partial charge in [0.05, 0.1) is 5.75 Å². The van der Waals surface area contributed by atoms with E-state index in [2.05, 4.69) is 0 Å². The Morgan fingerprint density at radius 3 is 2.07 bits per heavy atom. The van der Waals surface area contributed by atoms with E-state index in [1.54, 1.807) is 6.92 Å². The zero-order valence-corrected chi connectivity index (χ0v) is 10.4. The number of sulfonamides is 1. The van der Waals surface area contributed by atoms with Crippen LogP contribution in [0.5, 0.6) is 0 Å². The van der Waals surface area contributed by atoms with E-state index < -0.39 is 10.0 Å². The number of nitrogens with two attached hydrogens (primary N) is 1. The average molecular weight is 222 g/mol. The summed E-state index contributed by atoms with van der Waals surface area (Å²) in [5.74, 6) is 0.154. The van der Waals surface area contributed by atoms with Crippen molar-refractivity contribution in [1.82, 2.24) is 4.31 Å². The summed E-state index contributed by atoms with van der Waals surface area (Å²) >= 11 is 0. The summed E-state index contributed by atoms with van der Waals surface area (Å²) in [7, 11) is -3.08. The monoisotopic (exact) mass is 222 g/mol. The summed E-state index contributed by atoms with van der Waals surface area (Å²) in [5, 5.41) is 0. The van der Waals surface area contributed by atoms with E-state index in [1.807, 2.05) is 20.8 Å². The first kappa shape index (κ1) is 13.9. The van der Waals surface area contributed by atoms with Crippen molar-refractivity contribution < 1.29 is 8.42 Å². The molecule has 2 N–H and O–H groups in total. The van der Waals surface area contributed by atoms with Gasteiger partial charge in [-0.2, -0.15) is 0 Å². The van der Waals surface area contributed by atoms with Crippen molar-refractivity contribution in [1.29, 1.82) is 0 Å². The number of hydrogen-bond donors (Lipinski definition) is 1. The van der Waals surface area contributed by atoms with Crippen LogP contribution in [0, 0.1) is 5.41 Å². The maximum atomic E-state index is 11.6. The van der Waals surface area contributed by atoms with E-state index in [0.717, 1.165) is 0 Å². The molecule has 86 valence electrons. The molecule has 0 aliphatic rings. The Hall–Kier alpha value is -0.130. The van der Waals surface area contributed by atoms with Crippen LogP contribution in [0.3, 0.4) is 0 Å². The lowest BCUT2D eigenvalue weighted by Crippen LogP contribution is -2.42. The lowest BCUT2D eigenvalue weighted by atomic mass is 9.94. The number of nitrogens with zero attached hydrogens (tertiary/aromatic N) is 1. The van der Waals surface area contributed by atoms with Crippen LogP contribution < -0.4 is 5.73 Å². The predicted octanol–water partition coefficient (Wildman–Crippen LogP) is 0.643. The molecule has 0 aromatic carbocycles. The zero-order chi connectivity index (χ0) is 11.4. The van der Waals surface area contributed by atoms with Crippen molar-refractivity contribution in [2.75, 3.05) is 25.4 Å². The molecular weight excluding hydrogens is 200 g/mol. The highest BCUT2D eigenvalue weighted by Gasteiger charge is 2.26. The molecule has 0 aliphatic carbocycles. The van der Waals surface area contributed by atoms with E-state index in [9.17, 15) is 8.42 Å². The van der Waals surface area contributed by atoms with Crippen LogP contribution in [0.4, 0.5) is 0 Å². The third-order valence-corrected chi connectivity index (χ3v) is 4.17. The van der Waals surface area contributed by atoms with Gasteiger partial charge in [0.25, 0.3) is 0 Å². The Kier molecular flexibility index (Phi) is 5.05. The molecular formula is C9H22N2O2S. The van der Waals surface area contributed by atoms with E-state index in [0.29, 0.717) is 19.6 Å². The van der Waals surface area contributed by atoms with Gasteiger partial charge in [-0.15, -0.1) is 0 Å². The Bertz CT molecular complexity index is 260. The minimum atomic E-state index is -3.08. The van der Waals surface area contributed by atoms with Crippen LogP contribution in [0.2, 0.25) is 0 Å². The maximum Gasteiger partial charge on any atom is 0.213 e. The van der Waals surface area contributed by atoms with Gasteiger partial charge in [0.1, 0.15) is 0 Å². The molecule has 0 rings (SSSR count). The Morgan fingerprint density at radius 1 is 1.29 bits per heavy atom. The quantitative estimate of drug-likeness (QED) is 0.717. The van der Waals surface area contributed by atoms with Crippen LogP contribution in [0.25, 0.3) is 0 Å². The fraction of sp³-hybridized carbons (Fsp3) is 1.00. The summed E-state index contributed by atoms with van der Waals surface area (Å²) in [6.07, 6.45) is 0. The maximum absolute atomic E-state index is 11.6. The van der Waals surface area contributed by atoms with Crippen LogP contribution in [-0.4, -0.2) is 38.1 Å². The molecule has 0 fully saturated rings. The van der Waals surface area contributed by atoms with Crippen molar-refractivity contribution in [2.45, 2.75) is 27.7 Å². The highest BCUT2D eigenvalue weighted by Crippen LogP contribution is 2.17. The molecule has 4 nitrogen and oxygen atoms in total. The van der Waals surface area contributed by atoms with Gasteiger partial charge >= 0.3 is 0 Å². The fourth-order valence-electron chi connectivity index (χ4n) is 1.13. The van der Waals surface area contributed by atoms with E-state index in [1.165, 1.54) is 4.31 Å². The standard InChI is InChI=1S/C9H22N2O2S/c1-5-11(14(12,13)6-2)8-9(3,4)7-10/h5-8,10H2,1-4H3. The van der Waals surface area contributed by atoms with Crippen molar-refractivity contribution >= 4 is 10.0 Å². The molecule has 0 amide bonds. The largest absolute Gasteiger partial charge is 0.330 e. The minimum absolute atomic E-state index is 0.154. The highest BCUT2D eigenvalue weighted by molar-refractivity contribution is 7.89. The molecule has 5 heteroatoms. The molecule has 0 atom stereocenters. The zero-order valence-electron chi connectivity index (χ0n) is 9.58. The molecule has 0 unspecified atom stereocenters. The third-order valence-electron chi connectivity index (χ3n) is 2.27. The molecule has 0 saturated carbocycles. The molecule has 0 aromatic heterocycles. The fourth-order valence-corrected chi connectivity index (χ4v) is 2.44. The SMILES string of the molecule is CCN(CC(C)(C)CN)S(=O)(=O)CC. The van der Waals surface area contributed by atoms with Gasteiger partial charge in [0.2, 0.25) is 10.0 Å². The minimum Gasteiger partial charge on any atom is -0.330 e. The summed E-state index contributed by atoms with van der Waals surface area (Å²) in [4.78, 5) is 0. The van der Waals surface area contributed by atoms with Gasteiger partial charge < -0.3 is 5.73 Å². The first-order valence-electron chi connectivity index (χ1n) is 4.97. The molecule has 0 saturated heterocycles. The first-order chi connectivity index (χ1) is 6.29. The van der Waals surface area contributed by atoms with Crippen molar-refractivity contribution in [2.24, 2.45) is 11.1 Å². The second-order valence-corrected chi connectivity index (χ2v) is 6.45. The van der Waals surface area contributed by atoms with E-state index in [-0.39, 0.29) is 11.2 Å². The molecule has 0 radical (unpaired) electrons. The third kappa shape index (κ3) is 3.94. The van der Waals surface area contributed by atoms with Crippen LogP contribution in [-0.2, 0) is 10.0 Å². The molecule has 0 bridgehead atoms. The number of rotatable bonds is 6. The van der Waals surface area contributed by atoms with Gasteiger partial charge in [-0.1, -0.05) is 20.8 Å². The molecule has 0 aliphatic heterocycles. The van der Waals surface area contributed by atoms with Crippen LogP contribution >= 0.6 is 0 Å². The highest BCUT2D eigenvalue weighted by atomic mass is 32.2. The summed E-state index contributed by atoms with van der Waals surface area (Å²) in [5.41, 5.74) is 5.42. The molecule has 0 aromatic rings. The van der Waals surface area contributed by atoms with Gasteiger partial charge in [-0.05, 0) is 18.9 Å². The van der Waals surface area contributed by atoms with Gasteiger partial charge in [-0.25, -0.2) is 12.7 Å². The van der Waals surface area contributed by atoms with Gasteiger partial charge in [0, 0.05) is 13.1 Å². The summed E-state index contributed by atoms with van der Waals surface area (Å²) in [6.45, 7) is 8.95. The smallest absolute Gasteiger partial charge is 0.213 e. The van der Waals surface area contributed by atoms with Crippen LogP contribution in [0.1, 0.15) is 27.7 Å². The number of hydrogen-bond acceptors (Lipinski definition) is 3. The van der Waals surface area contributed by atoms with Crippen LogP contribution in [0.15, 0.2) is 0 Å². The normalized spacial score (nSPS) is 13.6. The van der Waals surface area contributed by atoms with E-state index in [4.69, 9.17) is 5.73 Å². The average Bonchev–Trinajstić information content (AvgIpc) is 2.14. The van der Waals surface area contributed by atoms with Crippen molar-refractivity contribution in [3.63, 3.8) is 0 Å². The topological polar surface area (TPSA) is 63.4 Å². The second kappa shape index (κ2) is 5.09. The van der Waals surface area contributed by atoms with Gasteiger partial charge in [-0.3, -0.25) is 0 Å². The lowest BCUT2D eigenvalue weighted by molar-refractivity contribution is 0.273. The molecule has 0 spiro atoms. The van der Waals surface area contributed by atoms with Crippen molar-refractivity contribution in [3.05, 3.63) is 0 Å². The second-order valence-electron chi connectivity index (χ2n) is 4.20. The Balaban J connectivity index is 4.62. The molecule has 0 heterocycles. The Labute approximate surface area is 87.5 Å². The van der Waals surface area contributed by atoms with Gasteiger partial charge in [0.15, 0.2) is 0 Å². The molecule has 14 heavy (non-hydrogen) atoms. The summed E-state index contributed by atoms with van der Waals surface area (Å²) in [6, 6.07) is 0. The first-order valence-corrected chi connectivity index (χ1v) is 6.58. The van der Waals surface area contributed by atoms with Crippen molar-refractivity contribution in [3.8, 4) is 0 Å². The summed E-state index contributed by atoms with van der Waals surface area (Å²) < 4.78 is 24.7. The predicted molar refractivity (Wildman–Crippen MR) is 59.5 cm³/mol. The lowest BCUT2D eigenvalue weighted by Gasteiger charge is -2.30.